The topological polar surface area (TPSA) is 52.0 Å². The van der Waals surface area contributed by atoms with Gasteiger partial charge in [0.2, 0.25) is 5.82 Å². The molecule has 2 rings (SSSR count). The van der Waals surface area contributed by atoms with E-state index in [1.54, 1.807) is 0 Å². The normalized spacial score (nSPS) is 18.3. The highest BCUT2D eigenvalue weighted by atomic mass is 32.2. The third kappa shape index (κ3) is 3.41. The second kappa shape index (κ2) is 4.71. The van der Waals surface area contributed by atoms with Crippen LogP contribution in [0.4, 0.5) is 13.2 Å². The van der Waals surface area contributed by atoms with Gasteiger partial charge in [-0.2, -0.15) is 18.3 Å². The maximum atomic E-state index is 12.5. The number of alkyl halides is 3. The molecule has 0 saturated heterocycles. The van der Waals surface area contributed by atoms with Gasteiger partial charge < -0.3 is 0 Å². The molecular formula is C10H13F3N4OS. The predicted octanol–water partition coefficient (Wildman–Crippen LogP) is 2.22. The van der Waals surface area contributed by atoms with E-state index in [0.717, 1.165) is 9.71 Å². The Morgan fingerprint density at radius 1 is 1.47 bits per heavy atom. The number of nitrogens with zero attached hydrogens (tertiary/aromatic N) is 3. The van der Waals surface area contributed by atoms with E-state index < -0.39 is 17.6 Å². The van der Waals surface area contributed by atoms with Crippen molar-refractivity contribution >= 4 is 11.8 Å². The minimum absolute atomic E-state index is 0.132. The molecule has 1 aromatic heterocycles. The third-order valence-electron chi connectivity index (χ3n) is 2.31. The van der Waals surface area contributed by atoms with Crippen molar-refractivity contribution in [3.05, 3.63) is 22.8 Å². The van der Waals surface area contributed by atoms with Crippen LogP contribution in [0.15, 0.2) is 11.1 Å². The number of thioether (sulfide) groups is 1. The molecule has 106 valence electrons. The van der Waals surface area contributed by atoms with Crippen LogP contribution in [0.1, 0.15) is 25.5 Å². The van der Waals surface area contributed by atoms with E-state index in [9.17, 15) is 13.2 Å². The second-order valence-corrected chi connectivity index (χ2v) is 5.60. The highest BCUT2D eigenvalue weighted by Gasteiger charge is 2.37. The van der Waals surface area contributed by atoms with Gasteiger partial charge in [0, 0.05) is 7.05 Å². The summed E-state index contributed by atoms with van der Waals surface area (Å²) in [6, 6.07) is 0. The zero-order valence-electron chi connectivity index (χ0n) is 10.6. The van der Waals surface area contributed by atoms with E-state index in [0.29, 0.717) is 0 Å². The molecule has 1 aliphatic rings. The smallest absolute Gasteiger partial charge is 0.265 e. The van der Waals surface area contributed by atoms with Crippen LogP contribution in [0, 0.1) is 0 Å². The molecule has 0 radical (unpaired) electrons. The van der Waals surface area contributed by atoms with E-state index in [1.165, 1.54) is 18.8 Å². The molecule has 0 bridgehead atoms. The first-order valence-electron chi connectivity index (χ1n) is 5.44. The van der Waals surface area contributed by atoms with Gasteiger partial charge in [0.25, 0.3) is 0 Å². The van der Waals surface area contributed by atoms with Gasteiger partial charge in [0.05, 0.1) is 10.8 Å². The Hall–Kier alpha value is -1.22. The number of hydrogen-bond acceptors (Lipinski definition) is 5. The Morgan fingerprint density at radius 2 is 2.16 bits per heavy atom. The Morgan fingerprint density at radius 3 is 2.63 bits per heavy atom. The van der Waals surface area contributed by atoms with Gasteiger partial charge in [-0.3, -0.25) is 10.3 Å². The van der Waals surface area contributed by atoms with Crippen molar-refractivity contribution in [1.29, 1.82) is 0 Å². The Kier molecular flexibility index (Phi) is 3.52. The fourth-order valence-electron chi connectivity index (χ4n) is 1.52. The van der Waals surface area contributed by atoms with Gasteiger partial charge >= 0.3 is 6.18 Å². The second-order valence-electron chi connectivity index (χ2n) is 4.58. The van der Waals surface area contributed by atoms with E-state index >= 15 is 0 Å². The first kappa shape index (κ1) is 14.2. The lowest BCUT2D eigenvalue weighted by molar-refractivity contribution is -0.147. The molecule has 1 aliphatic heterocycles. The van der Waals surface area contributed by atoms with Gasteiger partial charge in [0.15, 0.2) is 5.82 Å². The van der Waals surface area contributed by atoms with Crippen LogP contribution >= 0.6 is 11.8 Å². The predicted molar refractivity (Wildman–Crippen MR) is 63.7 cm³/mol. The molecule has 1 aromatic rings. The lowest BCUT2D eigenvalue weighted by Crippen LogP contribution is -2.20. The van der Waals surface area contributed by atoms with Crippen LogP contribution in [0.5, 0.6) is 0 Å². The molecule has 0 aromatic carbocycles. The van der Waals surface area contributed by atoms with Crippen molar-refractivity contribution in [2.24, 2.45) is 7.05 Å². The molecule has 0 atom stereocenters. The van der Waals surface area contributed by atoms with Crippen molar-refractivity contribution in [3.8, 4) is 0 Å². The van der Waals surface area contributed by atoms with Gasteiger partial charge in [-0.05, 0) is 19.9 Å². The zero-order chi connectivity index (χ0) is 14.3. The highest BCUT2D eigenvalue weighted by Crippen LogP contribution is 2.30. The molecule has 0 saturated carbocycles. The lowest BCUT2D eigenvalue weighted by Gasteiger charge is -2.11. The number of nitrogens with one attached hydrogen (secondary N) is 1. The molecule has 1 N–H and O–H groups in total. The van der Waals surface area contributed by atoms with Crippen LogP contribution in [0.25, 0.3) is 0 Å². The number of rotatable bonds is 3. The minimum Gasteiger partial charge on any atom is -0.265 e. The van der Waals surface area contributed by atoms with Crippen molar-refractivity contribution in [2.75, 3.05) is 0 Å². The highest BCUT2D eigenvalue weighted by molar-refractivity contribution is 8.02. The van der Waals surface area contributed by atoms with Crippen molar-refractivity contribution in [1.82, 2.24) is 20.2 Å². The van der Waals surface area contributed by atoms with Crippen LogP contribution in [0.3, 0.4) is 0 Å². The summed E-state index contributed by atoms with van der Waals surface area (Å²) < 4.78 is 38.3. The van der Waals surface area contributed by atoms with Crippen molar-refractivity contribution in [2.45, 2.75) is 31.4 Å². The molecule has 0 aliphatic carbocycles. The molecular weight excluding hydrogens is 281 g/mol. The monoisotopic (exact) mass is 294 g/mol. The van der Waals surface area contributed by atoms with Crippen LogP contribution in [-0.2, 0) is 23.8 Å². The van der Waals surface area contributed by atoms with Gasteiger partial charge in [-0.1, -0.05) is 11.8 Å². The number of halogens is 3. The largest absolute Gasteiger partial charge is 0.451 e. The Balaban J connectivity index is 2.02. The quantitative estimate of drug-likeness (QED) is 0.926. The minimum atomic E-state index is -4.49. The maximum Gasteiger partial charge on any atom is 0.451 e. The summed E-state index contributed by atoms with van der Waals surface area (Å²) in [4.78, 5) is 8.72. The van der Waals surface area contributed by atoms with Crippen LogP contribution in [-0.4, -0.2) is 20.4 Å². The summed E-state index contributed by atoms with van der Waals surface area (Å²) in [5, 5.41) is 4.48. The van der Waals surface area contributed by atoms with Gasteiger partial charge in [0.1, 0.15) is 5.60 Å². The Bertz CT molecular complexity index is 509. The maximum absolute atomic E-state index is 12.5. The summed E-state index contributed by atoms with van der Waals surface area (Å²) >= 11 is 1.29. The molecule has 19 heavy (non-hydrogen) atoms. The van der Waals surface area contributed by atoms with E-state index in [-0.39, 0.29) is 11.6 Å². The fraction of sp³-hybridized carbons (Fsp3) is 0.600. The summed E-state index contributed by atoms with van der Waals surface area (Å²) in [5.41, 5.74) is 2.29. The summed E-state index contributed by atoms with van der Waals surface area (Å²) in [6.45, 7) is 3.74. The average molecular weight is 294 g/mol. The van der Waals surface area contributed by atoms with Crippen molar-refractivity contribution < 1.29 is 18.0 Å². The van der Waals surface area contributed by atoms with E-state index in [2.05, 4.69) is 15.6 Å². The molecule has 9 heteroatoms. The third-order valence-corrected chi connectivity index (χ3v) is 3.23. The first-order valence-corrected chi connectivity index (χ1v) is 6.43. The molecule has 0 unspecified atom stereocenters. The van der Waals surface area contributed by atoms with E-state index in [1.807, 2.05) is 19.9 Å². The zero-order valence-corrected chi connectivity index (χ0v) is 11.4. The van der Waals surface area contributed by atoms with Crippen molar-refractivity contribution in [3.63, 3.8) is 0 Å². The van der Waals surface area contributed by atoms with Crippen LogP contribution in [0.2, 0.25) is 0 Å². The lowest BCUT2D eigenvalue weighted by atomic mass is 10.1. The number of aryl methyl sites for hydroxylation is 1. The van der Waals surface area contributed by atoms with Crippen LogP contribution < -0.4 is 5.48 Å². The molecule has 2 heterocycles. The van der Waals surface area contributed by atoms with E-state index in [4.69, 9.17) is 4.84 Å². The SMILES string of the molecule is Cn1nc(CSC2=CC(C)(C)ON2)nc1C(F)(F)F. The Labute approximate surface area is 112 Å². The fourth-order valence-corrected chi connectivity index (χ4v) is 2.39. The summed E-state index contributed by atoms with van der Waals surface area (Å²) in [5.74, 6) is -0.623. The van der Waals surface area contributed by atoms with Gasteiger partial charge in [-0.15, -0.1) is 0 Å². The number of aromatic nitrogens is 3. The standard InChI is InChI=1S/C10H13F3N4OS/c1-9(2)4-7(16-18-9)19-5-6-14-8(10(11,12)13)17(3)15-6/h4,16H,5H2,1-3H3. The first-order chi connectivity index (χ1) is 8.67. The number of hydroxylamine groups is 1. The molecule has 0 fully saturated rings. The molecule has 0 amide bonds. The number of hydrogen-bond donors (Lipinski definition) is 1. The molecule has 5 nitrogen and oxygen atoms in total. The summed E-state index contributed by atoms with van der Waals surface area (Å²) in [7, 11) is 1.23. The average Bonchev–Trinajstić information content (AvgIpc) is 2.78. The van der Waals surface area contributed by atoms with Gasteiger partial charge in [-0.25, -0.2) is 9.67 Å². The summed E-state index contributed by atoms with van der Waals surface area (Å²) in [6.07, 6.45) is -2.63. The molecule has 0 spiro atoms.